The van der Waals surface area contributed by atoms with Crippen LogP contribution in [0.1, 0.15) is 48.8 Å². The molecule has 0 saturated carbocycles. The third kappa shape index (κ3) is 3.28. The molecule has 0 amide bonds. The van der Waals surface area contributed by atoms with Crippen molar-refractivity contribution in [1.29, 1.82) is 0 Å². The molecule has 0 saturated heterocycles. The molecule has 0 spiro atoms. The van der Waals surface area contributed by atoms with Crippen LogP contribution in [0, 0.1) is 6.92 Å². The fraction of sp³-hybridized carbons (Fsp3) is 0.471. The summed E-state index contributed by atoms with van der Waals surface area (Å²) < 4.78 is 0. The Morgan fingerprint density at radius 1 is 1.20 bits per heavy atom. The van der Waals surface area contributed by atoms with E-state index in [1.807, 2.05) is 11.3 Å². The van der Waals surface area contributed by atoms with E-state index >= 15 is 0 Å². The van der Waals surface area contributed by atoms with Crippen molar-refractivity contribution in [3.05, 3.63) is 51.5 Å². The van der Waals surface area contributed by atoms with Gasteiger partial charge in [0.05, 0.1) is 5.69 Å². The number of nitrogens with one attached hydrogen (secondary N) is 1. The molecule has 0 aliphatic heterocycles. The third-order valence-electron chi connectivity index (χ3n) is 3.59. The molecule has 1 N–H and O–H groups in total. The van der Waals surface area contributed by atoms with Gasteiger partial charge >= 0.3 is 0 Å². The summed E-state index contributed by atoms with van der Waals surface area (Å²) in [6, 6.07) is 11.1. The molecular weight excluding hydrogens is 264 g/mol. The number of hydrogen-bond donors (Lipinski definition) is 1. The van der Waals surface area contributed by atoms with Crippen LogP contribution in [0.15, 0.2) is 30.3 Å². The van der Waals surface area contributed by atoms with Crippen LogP contribution in [0.25, 0.3) is 0 Å². The zero-order chi connectivity index (χ0) is 14.8. The highest BCUT2D eigenvalue weighted by Gasteiger charge is 2.27. The number of rotatable bonds is 5. The van der Waals surface area contributed by atoms with Gasteiger partial charge in [-0.2, -0.15) is 0 Å². The van der Waals surface area contributed by atoms with E-state index in [0.29, 0.717) is 6.04 Å². The van der Waals surface area contributed by atoms with Crippen molar-refractivity contribution in [2.24, 2.45) is 0 Å². The number of aromatic nitrogens is 1. The molecule has 2 rings (SSSR count). The summed E-state index contributed by atoms with van der Waals surface area (Å²) in [6.07, 6.45) is 0. The van der Waals surface area contributed by atoms with Crippen LogP contribution >= 0.6 is 11.3 Å². The van der Waals surface area contributed by atoms with Gasteiger partial charge in [0.2, 0.25) is 0 Å². The first-order chi connectivity index (χ1) is 9.41. The first-order valence-electron chi connectivity index (χ1n) is 7.17. The van der Waals surface area contributed by atoms with Gasteiger partial charge < -0.3 is 5.32 Å². The van der Waals surface area contributed by atoms with Crippen LogP contribution in [0.3, 0.4) is 0 Å². The van der Waals surface area contributed by atoms with E-state index in [1.165, 1.54) is 15.4 Å². The second-order valence-electron chi connectivity index (χ2n) is 6.05. The molecule has 108 valence electrons. The van der Waals surface area contributed by atoms with E-state index < -0.39 is 0 Å². The number of hydrogen-bond acceptors (Lipinski definition) is 3. The van der Waals surface area contributed by atoms with Crippen molar-refractivity contribution in [3.8, 4) is 0 Å². The van der Waals surface area contributed by atoms with Gasteiger partial charge in [-0.15, -0.1) is 11.3 Å². The largest absolute Gasteiger partial charge is 0.310 e. The van der Waals surface area contributed by atoms with Gasteiger partial charge in [-0.25, -0.2) is 4.98 Å². The summed E-state index contributed by atoms with van der Waals surface area (Å²) in [5, 5.41) is 4.67. The average molecular weight is 288 g/mol. The Labute approximate surface area is 126 Å². The van der Waals surface area contributed by atoms with E-state index in [1.54, 1.807) is 0 Å². The predicted molar refractivity (Wildman–Crippen MR) is 87.4 cm³/mol. The maximum Gasteiger partial charge on any atom is 0.103 e. The highest BCUT2D eigenvalue weighted by Crippen LogP contribution is 2.35. The molecule has 0 bridgehead atoms. The summed E-state index contributed by atoms with van der Waals surface area (Å²) in [4.78, 5) is 6.16. The van der Waals surface area contributed by atoms with Crippen molar-refractivity contribution < 1.29 is 0 Å². The van der Waals surface area contributed by atoms with E-state index in [2.05, 4.69) is 70.3 Å². The van der Waals surface area contributed by atoms with E-state index in [-0.39, 0.29) is 5.41 Å². The third-order valence-corrected chi connectivity index (χ3v) is 5.07. The monoisotopic (exact) mass is 288 g/mol. The lowest BCUT2D eigenvalue weighted by molar-refractivity contribution is 0.591. The molecule has 2 nitrogen and oxygen atoms in total. The lowest BCUT2D eigenvalue weighted by atomic mass is 9.85. The Bertz CT molecular complexity index is 556. The van der Waals surface area contributed by atoms with Crippen LogP contribution < -0.4 is 5.32 Å². The van der Waals surface area contributed by atoms with Crippen molar-refractivity contribution in [2.45, 2.75) is 52.6 Å². The van der Waals surface area contributed by atoms with Crippen molar-refractivity contribution in [2.75, 3.05) is 0 Å². The van der Waals surface area contributed by atoms with Gasteiger partial charge in [-0.05, 0) is 26.3 Å². The fourth-order valence-electron chi connectivity index (χ4n) is 2.13. The molecule has 0 aliphatic carbocycles. The van der Waals surface area contributed by atoms with Gasteiger partial charge in [0.15, 0.2) is 0 Å². The molecule has 0 unspecified atom stereocenters. The quantitative estimate of drug-likeness (QED) is 0.888. The Balaban J connectivity index is 2.27. The maximum atomic E-state index is 4.82. The van der Waals surface area contributed by atoms with Gasteiger partial charge in [0.25, 0.3) is 0 Å². The Hall–Kier alpha value is -1.19. The van der Waals surface area contributed by atoms with Crippen LogP contribution in [0.5, 0.6) is 0 Å². The maximum absolute atomic E-state index is 4.82. The molecule has 1 aromatic heterocycles. The first-order valence-corrected chi connectivity index (χ1v) is 7.98. The number of aryl methyl sites for hydroxylation is 1. The topological polar surface area (TPSA) is 24.9 Å². The first kappa shape index (κ1) is 15.2. The summed E-state index contributed by atoms with van der Waals surface area (Å²) in [6.45, 7) is 11.9. The number of nitrogens with zero attached hydrogens (tertiary/aromatic N) is 1. The Morgan fingerprint density at radius 2 is 1.85 bits per heavy atom. The number of thiazole rings is 1. The highest BCUT2D eigenvalue weighted by atomic mass is 32.1. The summed E-state index contributed by atoms with van der Waals surface area (Å²) >= 11 is 1.83. The molecule has 1 aromatic carbocycles. The molecule has 3 heteroatoms. The Morgan fingerprint density at radius 3 is 2.45 bits per heavy atom. The molecular formula is C17H24N2S. The fourth-order valence-corrected chi connectivity index (χ4v) is 3.27. The second-order valence-corrected chi connectivity index (χ2v) is 7.14. The van der Waals surface area contributed by atoms with Crippen LogP contribution in [0.2, 0.25) is 0 Å². The van der Waals surface area contributed by atoms with E-state index in [9.17, 15) is 0 Å². The molecule has 2 aromatic rings. The summed E-state index contributed by atoms with van der Waals surface area (Å²) in [5.41, 5.74) is 2.44. The second kappa shape index (κ2) is 6.06. The smallest absolute Gasteiger partial charge is 0.103 e. The average Bonchev–Trinajstić information content (AvgIpc) is 2.79. The van der Waals surface area contributed by atoms with Crippen molar-refractivity contribution in [3.63, 3.8) is 0 Å². The minimum absolute atomic E-state index is 0.0350. The zero-order valence-electron chi connectivity index (χ0n) is 13.0. The van der Waals surface area contributed by atoms with Crippen molar-refractivity contribution in [1.82, 2.24) is 10.3 Å². The van der Waals surface area contributed by atoms with Gasteiger partial charge in [-0.3, -0.25) is 0 Å². The molecule has 1 heterocycles. The Kier molecular flexibility index (Phi) is 4.61. The molecule has 0 aliphatic rings. The lowest BCUT2D eigenvalue weighted by Gasteiger charge is -2.22. The summed E-state index contributed by atoms with van der Waals surface area (Å²) in [5.74, 6) is 0. The summed E-state index contributed by atoms with van der Waals surface area (Å²) in [7, 11) is 0. The zero-order valence-corrected chi connectivity index (χ0v) is 13.8. The molecule has 0 atom stereocenters. The van der Waals surface area contributed by atoms with Gasteiger partial charge in [0, 0.05) is 22.9 Å². The number of benzene rings is 1. The minimum atomic E-state index is -0.0350. The van der Waals surface area contributed by atoms with Crippen molar-refractivity contribution >= 4 is 11.3 Å². The van der Waals surface area contributed by atoms with Crippen LogP contribution in [-0.2, 0) is 12.0 Å². The van der Waals surface area contributed by atoms with Crippen LogP contribution in [-0.4, -0.2) is 11.0 Å². The lowest BCUT2D eigenvalue weighted by Crippen LogP contribution is -2.21. The van der Waals surface area contributed by atoms with E-state index in [4.69, 9.17) is 4.98 Å². The normalized spacial score (nSPS) is 12.1. The minimum Gasteiger partial charge on any atom is -0.310 e. The molecule has 0 radical (unpaired) electrons. The standard InChI is InChI=1S/C17H24N2S/c1-12(2)18-11-15-13(3)19-16(20-15)17(4,5)14-9-7-6-8-10-14/h6-10,12,18H,11H2,1-5H3. The predicted octanol–water partition coefficient (Wildman–Crippen LogP) is 4.28. The van der Waals surface area contributed by atoms with E-state index in [0.717, 1.165) is 12.2 Å². The molecule has 20 heavy (non-hydrogen) atoms. The molecule has 0 fully saturated rings. The SMILES string of the molecule is Cc1nc(C(C)(C)c2ccccc2)sc1CNC(C)C. The van der Waals surface area contributed by atoms with Gasteiger partial charge in [0.1, 0.15) is 5.01 Å². The van der Waals surface area contributed by atoms with Gasteiger partial charge in [-0.1, -0.05) is 44.2 Å². The highest BCUT2D eigenvalue weighted by molar-refractivity contribution is 7.11. The van der Waals surface area contributed by atoms with Crippen LogP contribution in [0.4, 0.5) is 0 Å².